The number of hydrogen-bond donors (Lipinski definition) is 0. The van der Waals surface area contributed by atoms with Crippen LogP contribution in [0.15, 0.2) is 24.3 Å². The van der Waals surface area contributed by atoms with Crippen LogP contribution in [-0.4, -0.2) is 23.9 Å². The molecule has 18 heavy (non-hydrogen) atoms. The molecule has 2 rings (SSSR count). The molecule has 2 nitrogen and oxygen atoms in total. The molecule has 1 saturated heterocycles. The molecule has 1 aliphatic heterocycles. The number of nitrogens with zero attached hydrogens (tertiary/aromatic N) is 1. The van der Waals surface area contributed by atoms with E-state index in [0.29, 0.717) is 0 Å². The Morgan fingerprint density at radius 2 is 2.00 bits per heavy atom. The second kappa shape index (κ2) is 6.01. The molecule has 0 atom stereocenters. The molecule has 96 valence electrons. The predicted molar refractivity (Wildman–Crippen MR) is 70.9 cm³/mol. The number of benzene rings is 1. The highest BCUT2D eigenvalue weighted by molar-refractivity contribution is 6.30. The average Bonchev–Trinajstić information content (AvgIpc) is 2.41. The maximum atomic E-state index is 13.0. The highest BCUT2D eigenvalue weighted by Gasteiger charge is 2.13. The summed E-state index contributed by atoms with van der Waals surface area (Å²) in [7, 11) is 0. The van der Waals surface area contributed by atoms with Gasteiger partial charge in [-0.2, -0.15) is 0 Å². The number of rotatable bonds is 2. The van der Waals surface area contributed by atoms with Gasteiger partial charge >= 0.3 is 0 Å². The lowest BCUT2D eigenvalue weighted by Crippen LogP contribution is -2.34. The van der Waals surface area contributed by atoms with E-state index in [4.69, 9.17) is 11.6 Å². The van der Waals surface area contributed by atoms with Crippen molar-refractivity contribution in [2.75, 3.05) is 13.1 Å². The Morgan fingerprint density at radius 1 is 1.28 bits per heavy atom. The van der Waals surface area contributed by atoms with Gasteiger partial charge in [-0.1, -0.05) is 17.7 Å². The molecule has 0 radical (unpaired) electrons. The van der Waals surface area contributed by atoms with Gasteiger partial charge in [0.15, 0.2) is 0 Å². The summed E-state index contributed by atoms with van der Waals surface area (Å²) in [6.45, 7) is 1.65. The Balaban J connectivity index is 2.01. The number of carbonyl (C=O) groups is 1. The lowest BCUT2D eigenvalue weighted by molar-refractivity contribution is -0.126. The van der Waals surface area contributed by atoms with Gasteiger partial charge in [-0.3, -0.25) is 4.79 Å². The number of halogens is 2. The van der Waals surface area contributed by atoms with Gasteiger partial charge in [0.25, 0.3) is 0 Å². The molecule has 4 heteroatoms. The standard InChI is InChI=1S/C14H15ClFNO/c15-12-10-11(4-6-13(12)16)5-7-14(18)17-8-2-1-3-9-17/h4-7,10H,1-3,8-9H2/b7-5-. The second-order valence-corrected chi connectivity index (χ2v) is 4.80. The van der Waals surface area contributed by atoms with E-state index >= 15 is 0 Å². The molecule has 1 amide bonds. The highest BCUT2D eigenvalue weighted by atomic mass is 35.5. The first-order valence-electron chi connectivity index (χ1n) is 6.09. The maximum Gasteiger partial charge on any atom is 0.246 e. The molecular weight excluding hydrogens is 253 g/mol. The maximum absolute atomic E-state index is 13.0. The zero-order chi connectivity index (χ0) is 13.0. The van der Waals surface area contributed by atoms with Gasteiger partial charge in [-0.05, 0) is 43.0 Å². The first kappa shape index (κ1) is 13.1. The normalized spacial score (nSPS) is 16.2. The Kier molecular flexibility index (Phi) is 4.37. The van der Waals surface area contributed by atoms with Crippen molar-refractivity contribution in [3.8, 4) is 0 Å². The summed E-state index contributed by atoms with van der Waals surface area (Å²) >= 11 is 5.67. The van der Waals surface area contributed by atoms with Crippen molar-refractivity contribution < 1.29 is 9.18 Å². The molecule has 0 spiro atoms. The third kappa shape index (κ3) is 3.33. The van der Waals surface area contributed by atoms with E-state index in [1.807, 2.05) is 4.90 Å². The van der Waals surface area contributed by atoms with Gasteiger partial charge in [-0.15, -0.1) is 0 Å². The van der Waals surface area contributed by atoms with Crippen molar-refractivity contribution in [1.29, 1.82) is 0 Å². The van der Waals surface area contributed by atoms with Gasteiger partial charge in [0, 0.05) is 19.2 Å². The van der Waals surface area contributed by atoms with E-state index in [2.05, 4.69) is 0 Å². The lowest BCUT2D eigenvalue weighted by Gasteiger charge is -2.25. The van der Waals surface area contributed by atoms with Crippen LogP contribution in [0.2, 0.25) is 5.02 Å². The smallest absolute Gasteiger partial charge is 0.246 e. The van der Waals surface area contributed by atoms with Crippen molar-refractivity contribution in [3.63, 3.8) is 0 Å². The second-order valence-electron chi connectivity index (χ2n) is 4.39. The summed E-state index contributed by atoms with van der Waals surface area (Å²) in [5.74, 6) is -0.439. The third-order valence-corrected chi connectivity index (χ3v) is 3.32. The number of piperidine rings is 1. The van der Waals surface area contributed by atoms with Crippen LogP contribution in [0, 0.1) is 5.82 Å². The highest BCUT2D eigenvalue weighted by Crippen LogP contribution is 2.17. The molecule has 0 N–H and O–H groups in total. The zero-order valence-corrected chi connectivity index (χ0v) is 10.8. The number of likely N-dealkylation sites (tertiary alicyclic amines) is 1. The molecule has 1 heterocycles. The quantitative estimate of drug-likeness (QED) is 0.751. The van der Waals surface area contributed by atoms with Gasteiger partial charge in [0.2, 0.25) is 5.91 Å². The lowest BCUT2D eigenvalue weighted by atomic mass is 10.1. The van der Waals surface area contributed by atoms with Crippen LogP contribution in [0.5, 0.6) is 0 Å². The minimum atomic E-state index is -0.448. The van der Waals surface area contributed by atoms with Crippen LogP contribution in [0.1, 0.15) is 24.8 Å². The largest absolute Gasteiger partial charge is 0.339 e. The Bertz CT molecular complexity index is 467. The van der Waals surface area contributed by atoms with Crippen LogP contribution in [0.25, 0.3) is 6.08 Å². The molecule has 1 aromatic rings. The fourth-order valence-corrected chi connectivity index (χ4v) is 2.19. The summed E-state index contributed by atoms with van der Waals surface area (Å²) in [4.78, 5) is 13.7. The molecule has 0 unspecified atom stereocenters. The molecule has 0 saturated carbocycles. The molecule has 0 aromatic heterocycles. The summed E-state index contributed by atoms with van der Waals surface area (Å²) < 4.78 is 13.0. The Morgan fingerprint density at radius 3 is 2.67 bits per heavy atom. The number of carbonyl (C=O) groups excluding carboxylic acids is 1. The van der Waals surface area contributed by atoms with E-state index in [1.54, 1.807) is 12.1 Å². The molecular formula is C14H15ClFNO. The topological polar surface area (TPSA) is 20.3 Å². The fraction of sp³-hybridized carbons (Fsp3) is 0.357. The first-order chi connectivity index (χ1) is 8.66. The zero-order valence-electron chi connectivity index (χ0n) is 10.0. The van der Waals surface area contributed by atoms with Gasteiger partial charge < -0.3 is 4.90 Å². The minimum absolute atomic E-state index is 0.00940. The van der Waals surface area contributed by atoms with E-state index < -0.39 is 5.82 Å². The van der Waals surface area contributed by atoms with Gasteiger partial charge in [-0.25, -0.2) is 4.39 Å². The molecule has 1 aromatic carbocycles. The van der Waals surface area contributed by atoms with Crippen LogP contribution in [0.4, 0.5) is 4.39 Å². The van der Waals surface area contributed by atoms with Crippen molar-refractivity contribution in [1.82, 2.24) is 4.90 Å². The monoisotopic (exact) mass is 267 g/mol. The van der Waals surface area contributed by atoms with Crippen molar-refractivity contribution in [2.24, 2.45) is 0 Å². The van der Waals surface area contributed by atoms with Crippen molar-refractivity contribution in [2.45, 2.75) is 19.3 Å². The van der Waals surface area contributed by atoms with Crippen molar-refractivity contribution >= 4 is 23.6 Å². The van der Waals surface area contributed by atoms with E-state index in [9.17, 15) is 9.18 Å². The van der Waals surface area contributed by atoms with E-state index in [-0.39, 0.29) is 10.9 Å². The minimum Gasteiger partial charge on any atom is -0.339 e. The van der Waals surface area contributed by atoms with Crippen molar-refractivity contribution in [3.05, 3.63) is 40.7 Å². The first-order valence-corrected chi connectivity index (χ1v) is 6.46. The number of hydrogen-bond acceptors (Lipinski definition) is 1. The summed E-state index contributed by atoms with van der Waals surface area (Å²) in [6.07, 6.45) is 6.53. The van der Waals surface area contributed by atoms with Crippen LogP contribution in [-0.2, 0) is 4.79 Å². The Hall–Kier alpha value is -1.35. The van der Waals surface area contributed by atoms with Gasteiger partial charge in [0.1, 0.15) is 5.82 Å². The molecule has 0 bridgehead atoms. The summed E-state index contributed by atoms with van der Waals surface area (Å²) in [6, 6.07) is 4.41. The number of amides is 1. The van der Waals surface area contributed by atoms with Crippen LogP contribution >= 0.6 is 11.6 Å². The van der Waals surface area contributed by atoms with E-state index in [0.717, 1.165) is 31.5 Å². The summed E-state index contributed by atoms with van der Waals surface area (Å²) in [5.41, 5.74) is 0.728. The molecule has 1 fully saturated rings. The molecule has 0 aliphatic carbocycles. The molecule has 1 aliphatic rings. The van der Waals surface area contributed by atoms with E-state index in [1.165, 1.54) is 24.6 Å². The van der Waals surface area contributed by atoms with Gasteiger partial charge in [0.05, 0.1) is 5.02 Å². The summed E-state index contributed by atoms with van der Waals surface area (Å²) in [5, 5.41) is 0.0718. The fourth-order valence-electron chi connectivity index (χ4n) is 2.00. The predicted octanol–water partition coefficient (Wildman–Crippen LogP) is 3.50. The Labute approximate surface area is 111 Å². The van der Waals surface area contributed by atoms with Crippen LogP contribution in [0.3, 0.4) is 0 Å². The SMILES string of the molecule is O=C(/C=C\c1ccc(F)c(Cl)c1)N1CCCCC1. The average molecular weight is 268 g/mol. The van der Waals surface area contributed by atoms with Crippen LogP contribution < -0.4 is 0 Å². The third-order valence-electron chi connectivity index (χ3n) is 3.03.